The third kappa shape index (κ3) is 3.77. The van der Waals surface area contributed by atoms with Crippen molar-refractivity contribution in [3.05, 3.63) is 53.6 Å². The summed E-state index contributed by atoms with van der Waals surface area (Å²) in [5, 5.41) is 0. The number of hydrogen-bond acceptors (Lipinski definition) is 2. The molecule has 118 valence electrons. The highest BCUT2D eigenvalue weighted by molar-refractivity contribution is 5.28. The van der Waals surface area contributed by atoms with Gasteiger partial charge < -0.3 is 9.30 Å². The third-order valence-electron chi connectivity index (χ3n) is 4.39. The minimum Gasteiger partial charge on any atom is -0.381 e. The van der Waals surface area contributed by atoms with Gasteiger partial charge in [-0.3, -0.25) is 0 Å². The average Bonchev–Trinajstić information content (AvgIpc) is 2.98. The number of benzene rings is 1. The Morgan fingerprint density at radius 3 is 2.64 bits per heavy atom. The summed E-state index contributed by atoms with van der Waals surface area (Å²) in [7, 11) is 0. The van der Waals surface area contributed by atoms with E-state index in [4.69, 9.17) is 4.74 Å². The van der Waals surface area contributed by atoms with Crippen LogP contribution in [0, 0.1) is 5.92 Å². The fraction of sp³-hybridized carbons (Fsp3) is 0.526. The number of nitrogens with zero attached hydrogens (tertiary/aromatic N) is 2. The summed E-state index contributed by atoms with van der Waals surface area (Å²) in [5.41, 5.74) is 4.09. The van der Waals surface area contributed by atoms with Crippen molar-refractivity contribution in [1.82, 2.24) is 9.55 Å². The van der Waals surface area contributed by atoms with Crippen molar-refractivity contribution >= 4 is 0 Å². The van der Waals surface area contributed by atoms with Crippen molar-refractivity contribution in [3.63, 3.8) is 0 Å². The zero-order valence-electron chi connectivity index (χ0n) is 13.7. The zero-order valence-corrected chi connectivity index (χ0v) is 13.7. The average molecular weight is 298 g/mol. The van der Waals surface area contributed by atoms with Crippen LogP contribution in [0.1, 0.15) is 49.4 Å². The fourth-order valence-electron chi connectivity index (χ4n) is 3.22. The first-order chi connectivity index (χ1) is 10.7. The molecule has 3 nitrogen and oxygen atoms in total. The Labute approximate surface area is 133 Å². The molecule has 0 unspecified atom stereocenters. The minimum absolute atomic E-state index is 0.570. The standard InChI is InChI=1S/C19H26N2O/c1-15(2)11-17-5-3-4-6-18(17)12-21-13-19(20-14-21)16-7-9-22-10-8-16/h3-6,13-16H,7-12H2,1-2H3. The van der Waals surface area contributed by atoms with Crippen LogP contribution >= 0.6 is 0 Å². The van der Waals surface area contributed by atoms with E-state index in [2.05, 4.69) is 53.9 Å². The Balaban J connectivity index is 1.72. The highest BCUT2D eigenvalue weighted by Crippen LogP contribution is 2.25. The summed E-state index contributed by atoms with van der Waals surface area (Å²) in [4.78, 5) is 4.63. The summed E-state index contributed by atoms with van der Waals surface area (Å²) in [6, 6.07) is 8.77. The monoisotopic (exact) mass is 298 g/mol. The smallest absolute Gasteiger partial charge is 0.0952 e. The molecule has 3 heteroatoms. The van der Waals surface area contributed by atoms with Gasteiger partial charge in [0.1, 0.15) is 0 Å². The Morgan fingerprint density at radius 2 is 1.91 bits per heavy atom. The molecule has 0 spiro atoms. The second kappa shape index (κ2) is 7.10. The van der Waals surface area contributed by atoms with Crippen molar-refractivity contribution in [3.8, 4) is 0 Å². The molecule has 1 aliphatic heterocycles. The Bertz CT molecular complexity index is 597. The fourth-order valence-corrected chi connectivity index (χ4v) is 3.22. The Morgan fingerprint density at radius 1 is 1.18 bits per heavy atom. The summed E-state index contributed by atoms with van der Waals surface area (Å²) in [5.74, 6) is 1.25. The number of aromatic nitrogens is 2. The van der Waals surface area contributed by atoms with Crippen molar-refractivity contribution in [2.45, 2.75) is 45.6 Å². The summed E-state index contributed by atoms with van der Waals surface area (Å²) in [6.07, 6.45) is 7.54. The largest absolute Gasteiger partial charge is 0.381 e. The quantitative estimate of drug-likeness (QED) is 0.833. The summed E-state index contributed by atoms with van der Waals surface area (Å²) in [6.45, 7) is 7.21. The van der Waals surface area contributed by atoms with Crippen LogP contribution in [0.5, 0.6) is 0 Å². The van der Waals surface area contributed by atoms with E-state index in [1.807, 2.05) is 6.33 Å². The molecular weight excluding hydrogens is 272 g/mol. The lowest BCUT2D eigenvalue weighted by atomic mass is 9.97. The Hall–Kier alpha value is -1.61. The highest BCUT2D eigenvalue weighted by atomic mass is 16.5. The molecule has 0 radical (unpaired) electrons. The topological polar surface area (TPSA) is 27.1 Å². The molecule has 0 amide bonds. The normalized spacial score (nSPS) is 16.3. The molecule has 1 aromatic heterocycles. The zero-order chi connectivity index (χ0) is 15.4. The van der Waals surface area contributed by atoms with E-state index in [1.54, 1.807) is 0 Å². The molecule has 22 heavy (non-hydrogen) atoms. The molecule has 1 saturated heterocycles. The molecule has 0 aliphatic carbocycles. The van der Waals surface area contributed by atoms with Gasteiger partial charge in [-0.1, -0.05) is 38.1 Å². The van der Waals surface area contributed by atoms with E-state index in [0.717, 1.165) is 39.0 Å². The summed E-state index contributed by atoms with van der Waals surface area (Å²) >= 11 is 0. The van der Waals surface area contributed by atoms with Gasteiger partial charge in [-0.2, -0.15) is 0 Å². The molecule has 0 atom stereocenters. The van der Waals surface area contributed by atoms with Crippen LogP contribution in [0.4, 0.5) is 0 Å². The van der Waals surface area contributed by atoms with Crippen LogP contribution in [-0.4, -0.2) is 22.8 Å². The van der Waals surface area contributed by atoms with Gasteiger partial charge in [0.2, 0.25) is 0 Å². The van der Waals surface area contributed by atoms with Crippen molar-refractivity contribution in [2.24, 2.45) is 5.92 Å². The maximum Gasteiger partial charge on any atom is 0.0952 e. The predicted molar refractivity (Wildman–Crippen MR) is 89.1 cm³/mol. The van der Waals surface area contributed by atoms with Crippen LogP contribution < -0.4 is 0 Å². The molecular formula is C19H26N2O. The van der Waals surface area contributed by atoms with Gasteiger partial charge in [0.15, 0.2) is 0 Å². The Kier molecular flexibility index (Phi) is 4.94. The van der Waals surface area contributed by atoms with Crippen LogP contribution in [0.2, 0.25) is 0 Å². The maximum atomic E-state index is 5.44. The molecule has 2 heterocycles. The first kappa shape index (κ1) is 15.3. The van der Waals surface area contributed by atoms with E-state index in [0.29, 0.717) is 11.8 Å². The first-order valence-electron chi connectivity index (χ1n) is 8.38. The van der Waals surface area contributed by atoms with Gasteiger partial charge in [0, 0.05) is 31.9 Å². The van der Waals surface area contributed by atoms with Crippen LogP contribution in [0.25, 0.3) is 0 Å². The van der Waals surface area contributed by atoms with E-state index >= 15 is 0 Å². The number of hydrogen-bond donors (Lipinski definition) is 0. The molecule has 3 rings (SSSR count). The van der Waals surface area contributed by atoms with E-state index in [-0.39, 0.29) is 0 Å². The lowest BCUT2D eigenvalue weighted by molar-refractivity contribution is 0.0845. The molecule has 1 fully saturated rings. The van der Waals surface area contributed by atoms with Gasteiger partial charge in [0.25, 0.3) is 0 Å². The lowest BCUT2D eigenvalue weighted by Gasteiger charge is -2.20. The minimum atomic E-state index is 0.570. The maximum absolute atomic E-state index is 5.44. The third-order valence-corrected chi connectivity index (χ3v) is 4.39. The molecule has 1 aliphatic rings. The number of ether oxygens (including phenoxy) is 1. The van der Waals surface area contributed by atoms with Gasteiger partial charge in [-0.25, -0.2) is 4.98 Å². The molecule has 2 aromatic rings. The van der Waals surface area contributed by atoms with Crippen molar-refractivity contribution < 1.29 is 4.74 Å². The van der Waals surface area contributed by atoms with Crippen LogP contribution in [0.15, 0.2) is 36.8 Å². The second-order valence-electron chi connectivity index (χ2n) is 6.72. The van der Waals surface area contributed by atoms with E-state index < -0.39 is 0 Å². The lowest BCUT2D eigenvalue weighted by Crippen LogP contribution is -2.14. The van der Waals surface area contributed by atoms with Crippen molar-refractivity contribution in [2.75, 3.05) is 13.2 Å². The summed E-state index contributed by atoms with van der Waals surface area (Å²) < 4.78 is 7.67. The molecule has 0 bridgehead atoms. The number of rotatable bonds is 5. The van der Waals surface area contributed by atoms with E-state index in [9.17, 15) is 0 Å². The number of imidazole rings is 1. The second-order valence-corrected chi connectivity index (χ2v) is 6.72. The van der Waals surface area contributed by atoms with Crippen LogP contribution in [-0.2, 0) is 17.7 Å². The van der Waals surface area contributed by atoms with Gasteiger partial charge in [-0.05, 0) is 36.3 Å². The SMILES string of the molecule is CC(C)Cc1ccccc1Cn1cnc(C2CCOCC2)c1. The van der Waals surface area contributed by atoms with Gasteiger partial charge >= 0.3 is 0 Å². The van der Waals surface area contributed by atoms with E-state index in [1.165, 1.54) is 16.8 Å². The predicted octanol–water partition coefficient (Wildman–Crippen LogP) is 4.02. The molecule has 1 aromatic carbocycles. The highest BCUT2D eigenvalue weighted by Gasteiger charge is 2.18. The van der Waals surface area contributed by atoms with Crippen LogP contribution in [0.3, 0.4) is 0 Å². The van der Waals surface area contributed by atoms with Gasteiger partial charge in [-0.15, -0.1) is 0 Å². The van der Waals surface area contributed by atoms with Gasteiger partial charge in [0.05, 0.1) is 12.0 Å². The van der Waals surface area contributed by atoms with Crippen molar-refractivity contribution in [1.29, 1.82) is 0 Å². The molecule has 0 N–H and O–H groups in total. The molecule has 0 saturated carbocycles. The first-order valence-corrected chi connectivity index (χ1v) is 8.38.